The van der Waals surface area contributed by atoms with E-state index in [2.05, 4.69) is 0 Å². The highest BCUT2D eigenvalue weighted by Gasteiger charge is 2.08. The third-order valence-electron chi connectivity index (χ3n) is 2.63. The van der Waals surface area contributed by atoms with Gasteiger partial charge in [-0.2, -0.15) is 0 Å². The van der Waals surface area contributed by atoms with E-state index in [-0.39, 0.29) is 0 Å². The number of ether oxygens (including phenoxy) is 1. The summed E-state index contributed by atoms with van der Waals surface area (Å²) in [4.78, 5) is 0. The third kappa shape index (κ3) is 1.52. The van der Waals surface area contributed by atoms with Gasteiger partial charge in [0.05, 0.1) is 7.11 Å². The predicted octanol–water partition coefficient (Wildman–Crippen LogP) is 3.17. The highest BCUT2D eigenvalue weighted by atomic mass is 16.5. The fraction of sp³-hybridized carbons (Fsp3) is 0.231. The number of hydrogen-bond donors (Lipinski definition) is 1. The van der Waals surface area contributed by atoms with Crippen LogP contribution in [0.4, 0.5) is 0 Å². The van der Waals surface area contributed by atoms with Crippen molar-refractivity contribution < 1.29 is 9.84 Å². The average molecular weight is 202 g/mol. The maximum Gasteiger partial charge on any atom is 0.126 e. The largest absolute Gasteiger partial charge is 0.507 e. The van der Waals surface area contributed by atoms with E-state index < -0.39 is 0 Å². The number of aromatic hydroxyl groups is 1. The molecule has 2 aromatic rings. The van der Waals surface area contributed by atoms with E-state index in [0.717, 1.165) is 27.6 Å². The number of benzene rings is 2. The van der Waals surface area contributed by atoms with Crippen LogP contribution in [0.25, 0.3) is 10.8 Å². The molecule has 15 heavy (non-hydrogen) atoms. The van der Waals surface area contributed by atoms with Gasteiger partial charge in [-0.1, -0.05) is 6.07 Å². The molecule has 0 aliphatic carbocycles. The third-order valence-corrected chi connectivity index (χ3v) is 2.63. The fourth-order valence-corrected chi connectivity index (χ4v) is 1.93. The van der Waals surface area contributed by atoms with Crippen molar-refractivity contribution in [1.29, 1.82) is 0 Å². The molecular formula is C13H14O2. The van der Waals surface area contributed by atoms with Crippen molar-refractivity contribution in [2.24, 2.45) is 0 Å². The van der Waals surface area contributed by atoms with Gasteiger partial charge in [-0.15, -0.1) is 0 Å². The highest BCUT2D eigenvalue weighted by molar-refractivity contribution is 5.95. The molecule has 0 amide bonds. The summed E-state index contributed by atoms with van der Waals surface area (Å²) in [7, 11) is 1.64. The Balaban J connectivity index is 2.93. The molecule has 2 aromatic carbocycles. The number of aryl methyl sites for hydroxylation is 2. The van der Waals surface area contributed by atoms with Crippen molar-refractivity contribution in [3.05, 3.63) is 35.4 Å². The summed E-state index contributed by atoms with van der Waals surface area (Å²) in [5.41, 5.74) is 2.09. The van der Waals surface area contributed by atoms with Gasteiger partial charge in [0.25, 0.3) is 0 Å². The highest BCUT2D eigenvalue weighted by Crippen LogP contribution is 2.35. The average Bonchev–Trinajstić information content (AvgIpc) is 2.17. The maximum absolute atomic E-state index is 9.90. The molecule has 0 radical (unpaired) electrons. The van der Waals surface area contributed by atoms with Gasteiger partial charge in [0.1, 0.15) is 11.5 Å². The van der Waals surface area contributed by atoms with Crippen LogP contribution in [-0.4, -0.2) is 12.2 Å². The second-order valence-corrected chi connectivity index (χ2v) is 3.79. The number of fused-ring (bicyclic) bond motifs is 1. The maximum atomic E-state index is 9.90. The zero-order valence-electron chi connectivity index (χ0n) is 9.16. The molecule has 0 bridgehead atoms. The smallest absolute Gasteiger partial charge is 0.126 e. The SMILES string of the molecule is COc1ccc(C)c2c(O)cc(C)cc12. The fourth-order valence-electron chi connectivity index (χ4n) is 1.93. The molecule has 0 fully saturated rings. The zero-order chi connectivity index (χ0) is 11.0. The van der Waals surface area contributed by atoms with Crippen LogP contribution in [0.1, 0.15) is 11.1 Å². The van der Waals surface area contributed by atoms with Crippen LogP contribution in [0.15, 0.2) is 24.3 Å². The summed E-state index contributed by atoms with van der Waals surface area (Å²) < 4.78 is 5.28. The van der Waals surface area contributed by atoms with Crippen molar-refractivity contribution in [3.63, 3.8) is 0 Å². The lowest BCUT2D eigenvalue weighted by atomic mass is 10.0. The van der Waals surface area contributed by atoms with Crippen LogP contribution < -0.4 is 4.74 Å². The van der Waals surface area contributed by atoms with E-state index in [9.17, 15) is 5.11 Å². The first-order valence-electron chi connectivity index (χ1n) is 4.90. The van der Waals surface area contributed by atoms with E-state index >= 15 is 0 Å². The number of methoxy groups -OCH3 is 1. The summed E-state index contributed by atoms with van der Waals surface area (Å²) in [6, 6.07) is 7.68. The van der Waals surface area contributed by atoms with Crippen LogP contribution in [0.5, 0.6) is 11.5 Å². The normalized spacial score (nSPS) is 10.6. The Labute approximate surface area is 89.1 Å². The molecule has 0 saturated carbocycles. The topological polar surface area (TPSA) is 29.5 Å². The molecule has 0 unspecified atom stereocenters. The lowest BCUT2D eigenvalue weighted by Crippen LogP contribution is -1.88. The lowest BCUT2D eigenvalue weighted by Gasteiger charge is -2.10. The molecule has 1 N–H and O–H groups in total. The van der Waals surface area contributed by atoms with Crippen LogP contribution in [0.2, 0.25) is 0 Å². The van der Waals surface area contributed by atoms with Crippen LogP contribution in [0, 0.1) is 13.8 Å². The Morgan fingerprint density at radius 3 is 2.53 bits per heavy atom. The Kier molecular flexibility index (Phi) is 2.27. The molecule has 0 spiro atoms. The number of phenolic OH excluding ortho intramolecular Hbond substituents is 1. The molecule has 0 saturated heterocycles. The summed E-state index contributed by atoms with van der Waals surface area (Å²) in [6.07, 6.45) is 0. The molecule has 2 nitrogen and oxygen atoms in total. The van der Waals surface area contributed by atoms with Gasteiger partial charge in [-0.05, 0) is 43.2 Å². The van der Waals surface area contributed by atoms with Gasteiger partial charge in [-0.3, -0.25) is 0 Å². The molecule has 2 heteroatoms. The first-order valence-corrected chi connectivity index (χ1v) is 4.90. The number of hydrogen-bond acceptors (Lipinski definition) is 2. The second-order valence-electron chi connectivity index (χ2n) is 3.79. The molecule has 2 rings (SSSR count). The minimum absolute atomic E-state index is 0.321. The monoisotopic (exact) mass is 202 g/mol. The van der Waals surface area contributed by atoms with Gasteiger partial charge in [-0.25, -0.2) is 0 Å². The van der Waals surface area contributed by atoms with E-state index in [0.29, 0.717) is 5.75 Å². The lowest BCUT2D eigenvalue weighted by molar-refractivity contribution is 0.419. The van der Waals surface area contributed by atoms with Gasteiger partial charge in [0.2, 0.25) is 0 Å². The quantitative estimate of drug-likeness (QED) is 0.769. The first kappa shape index (κ1) is 9.84. The standard InChI is InChI=1S/C13H14O2/c1-8-6-10-12(15-3)5-4-9(2)13(10)11(14)7-8/h4-7,14H,1-3H3. The van der Waals surface area contributed by atoms with Crippen molar-refractivity contribution in [3.8, 4) is 11.5 Å². The first-order chi connectivity index (χ1) is 7.13. The molecule has 0 heterocycles. The van der Waals surface area contributed by atoms with Crippen LogP contribution in [-0.2, 0) is 0 Å². The van der Waals surface area contributed by atoms with E-state index in [4.69, 9.17) is 4.74 Å². The van der Waals surface area contributed by atoms with E-state index in [1.807, 2.05) is 32.0 Å². The Morgan fingerprint density at radius 2 is 1.87 bits per heavy atom. The van der Waals surface area contributed by atoms with E-state index in [1.54, 1.807) is 13.2 Å². The number of rotatable bonds is 1. The minimum Gasteiger partial charge on any atom is -0.507 e. The zero-order valence-corrected chi connectivity index (χ0v) is 9.16. The molecule has 0 aliphatic heterocycles. The van der Waals surface area contributed by atoms with Crippen LogP contribution >= 0.6 is 0 Å². The summed E-state index contributed by atoms with van der Waals surface area (Å²) in [5, 5.41) is 11.7. The van der Waals surface area contributed by atoms with Gasteiger partial charge < -0.3 is 9.84 Å². The summed E-state index contributed by atoms with van der Waals surface area (Å²) in [6.45, 7) is 3.94. The van der Waals surface area contributed by atoms with Gasteiger partial charge in [0, 0.05) is 10.8 Å². The number of phenols is 1. The molecule has 0 atom stereocenters. The van der Waals surface area contributed by atoms with Crippen molar-refractivity contribution in [2.45, 2.75) is 13.8 Å². The van der Waals surface area contributed by atoms with Crippen LogP contribution in [0.3, 0.4) is 0 Å². The van der Waals surface area contributed by atoms with Crippen molar-refractivity contribution in [2.75, 3.05) is 7.11 Å². The molecule has 0 aromatic heterocycles. The Hall–Kier alpha value is -1.70. The summed E-state index contributed by atoms with van der Waals surface area (Å²) in [5.74, 6) is 1.12. The van der Waals surface area contributed by atoms with Crippen molar-refractivity contribution >= 4 is 10.8 Å². The Bertz CT molecular complexity index is 515. The Morgan fingerprint density at radius 1 is 1.13 bits per heavy atom. The molecule has 78 valence electrons. The predicted molar refractivity (Wildman–Crippen MR) is 61.6 cm³/mol. The molecular weight excluding hydrogens is 188 g/mol. The second kappa shape index (κ2) is 3.46. The van der Waals surface area contributed by atoms with Gasteiger partial charge in [0.15, 0.2) is 0 Å². The van der Waals surface area contributed by atoms with E-state index in [1.165, 1.54) is 0 Å². The minimum atomic E-state index is 0.321. The van der Waals surface area contributed by atoms with Gasteiger partial charge >= 0.3 is 0 Å². The van der Waals surface area contributed by atoms with Crippen molar-refractivity contribution in [1.82, 2.24) is 0 Å². The summed E-state index contributed by atoms with van der Waals surface area (Å²) >= 11 is 0. The molecule has 0 aliphatic rings.